The van der Waals surface area contributed by atoms with Crippen LogP contribution in [0.3, 0.4) is 0 Å². The van der Waals surface area contributed by atoms with Gasteiger partial charge in [-0.25, -0.2) is 0 Å². The fourth-order valence-corrected chi connectivity index (χ4v) is 6.91. The maximum Gasteiger partial charge on any atom is 0.243 e. The number of benzene rings is 2. The van der Waals surface area contributed by atoms with Crippen LogP contribution in [0.25, 0.3) is 0 Å². The van der Waals surface area contributed by atoms with Crippen LogP contribution in [-0.2, 0) is 22.7 Å². The van der Waals surface area contributed by atoms with E-state index in [1.165, 1.54) is 23.1 Å². The van der Waals surface area contributed by atoms with E-state index in [1.807, 2.05) is 12.1 Å². The molecule has 4 saturated heterocycles. The summed E-state index contributed by atoms with van der Waals surface area (Å²) in [7, 11) is 0. The standard InChI is InChI=1S/C25H26Cl2N4O2S/c26-19-2-1-3-20(23(19)27)31-16-9-17(31)13-29(12-16)10-14-4-5-15-11-30(25(34)18(15)8-14)21-6-7-22(32)28-24(21)33/h1-5,8,16-17,21,25,34H,6-7,9-13H2,(H,28,32,33). The molecule has 1 N–H and O–H groups in total. The van der Waals surface area contributed by atoms with E-state index in [2.05, 4.69) is 44.3 Å². The number of amides is 2. The van der Waals surface area contributed by atoms with E-state index in [0.29, 0.717) is 41.5 Å². The highest BCUT2D eigenvalue weighted by atomic mass is 35.5. The number of thiol groups is 1. The van der Waals surface area contributed by atoms with Gasteiger partial charge in [-0.2, -0.15) is 12.6 Å². The first-order valence-corrected chi connectivity index (χ1v) is 13.0. The third-order valence-corrected chi connectivity index (χ3v) is 9.03. The topological polar surface area (TPSA) is 55.9 Å². The third-order valence-electron chi connectivity index (χ3n) is 7.65. The molecule has 2 bridgehead atoms. The van der Waals surface area contributed by atoms with Crippen LogP contribution >= 0.6 is 35.8 Å². The number of anilines is 1. The molecule has 4 fully saturated rings. The van der Waals surface area contributed by atoms with Gasteiger partial charge in [0.05, 0.1) is 27.1 Å². The molecule has 5 aliphatic rings. The lowest BCUT2D eigenvalue weighted by Crippen LogP contribution is -2.68. The van der Waals surface area contributed by atoms with E-state index in [9.17, 15) is 9.59 Å². The van der Waals surface area contributed by atoms with E-state index in [4.69, 9.17) is 35.8 Å². The number of piperidine rings is 2. The molecule has 2 aromatic carbocycles. The van der Waals surface area contributed by atoms with Gasteiger partial charge in [-0.05, 0) is 41.7 Å². The van der Waals surface area contributed by atoms with E-state index in [1.54, 1.807) is 0 Å². The van der Waals surface area contributed by atoms with Crippen LogP contribution in [0.1, 0.15) is 41.3 Å². The normalized spacial score (nSPS) is 29.1. The minimum atomic E-state index is -0.311. The molecule has 2 amide bonds. The number of imide groups is 1. The fourth-order valence-electron chi connectivity index (χ4n) is 6.04. The molecular formula is C25H26Cl2N4O2S. The van der Waals surface area contributed by atoms with Gasteiger partial charge < -0.3 is 4.90 Å². The molecule has 5 aliphatic heterocycles. The van der Waals surface area contributed by atoms with Crippen molar-refractivity contribution in [1.82, 2.24) is 15.1 Å². The van der Waals surface area contributed by atoms with Crippen molar-refractivity contribution in [3.05, 3.63) is 63.1 Å². The zero-order valence-corrected chi connectivity index (χ0v) is 21.0. The first-order chi connectivity index (χ1) is 16.4. The average molecular weight is 517 g/mol. The summed E-state index contributed by atoms with van der Waals surface area (Å²) >= 11 is 17.6. The van der Waals surface area contributed by atoms with E-state index < -0.39 is 0 Å². The number of hydrogen-bond acceptors (Lipinski definition) is 6. The van der Waals surface area contributed by atoms with Crippen LogP contribution in [0.2, 0.25) is 10.0 Å². The zero-order chi connectivity index (χ0) is 23.6. The minimum Gasteiger partial charge on any atom is -0.362 e. The molecule has 178 valence electrons. The first-order valence-electron chi connectivity index (χ1n) is 11.7. The number of hydrogen-bond donors (Lipinski definition) is 2. The lowest BCUT2D eigenvalue weighted by molar-refractivity contribution is -0.137. The SMILES string of the molecule is O=C1CCC(N2Cc3ccc(CN4CC5CC(C4)N5c4cccc(Cl)c4Cl)cc3C2S)C(=O)N1. The van der Waals surface area contributed by atoms with Gasteiger partial charge in [0.25, 0.3) is 0 Å². The van der Waals surface area contributed by atoms with Gasteiger partial charge in [0, 0.05) is 44.7 Å². The number of halogens is 2. The molecule has 34 heavy (non-hydrogen) atoms. The van der Waals surface area contributed by atoms with Crippen molar-refractivity contribution >= 4 is 53.3 Å². The number of nitrogens with zero attached hydrogens (tertiary/aromatic N) is 3. The van der Waals surface area contributed by atoms with Crippen molar-refractivity contribution in [2.24, 2.45) is 0 Å². The Hall–Kier alpha value is -1.77. The summed E-state index contributed by atoms with van der Waals surface area (Å²) in [5.74, 6) is -0.396. The Labute approximate surface area is 214 Å². The predicted octanol–water partition coefficient (Wildman–Crippen LogP) is 4.01. The van der Waals surface area contributed by atoms with Gasteiger partial charge >= 0.3 is 0 Å². The second-order valence-corrected chi connectivity index (χ2v) is 11.0. The quantitative estimate of drug-likeness (QED) is 0.475. The van der Waals surface area contributed by atoms with Crippen LogP contribution in [-0.4, -0.2) is 52.8 Å². The zero-order valence-electron chi connectivity index (χ0n) is 18.6. The molecule has 4 unspecified atom stereocenters. The van der Waals surface area contributed by atoms with Crippen molar-refractivity contribution in [1.29, 1.82) is 0 Å². The number of nitrogens with one attached hydrogen (secondary N) is 1. The van der Waals surface area contributed by atoms with Crippen molar-refractivity contribution in [3.8, 4) is 0 Å². The summed E-state index contributed by atoms with van der Waals surface area (Å²) in [6.45, 7) is 3.54. The van der Waals surface area contributed by atoms with Crippen LogP contribution in [0.4, 0.5) is 5.69 Å². The van der Waals surface area contributed by atoms with E-state index in [-0.39, 0.29) is 23.2 Å². The van der Waals surface area contributed by atoms with Crippen molar-refractivity contribution in [2.45, 2.75) is 55.9 Å². The largest absolute Gasteiger partial charge is 0.362 e. The van der Waals surface area contributed by atoms with Crippen LogP contribution in [0.5, 0.6) is 0 Å². The van der Waals surface area contributed by atoms with E-state index >= 15 is 0 Å². The number of fused-ring (bicyclic) bond motifs is 3. The number of carbonyl (C=O) groups is 2. The Kier molecular flexibility index (Phi) is 5.81. The molecule has 9 heteroatoms. The summed E-state index contributed by atoms with van der Waals surface area (Å²) in [5.41, 5.74) is 4.67. The van der Waals surface area contributed by atoms with Crippen molar-refractivity contribution < 1.29 is 9.59 Å². The van der Waals surface area contributed by atoms with E-state index in [0.717, 1.165) is 25.3 Å². The molecule has 0 aliphatic carbocycles. The predicted molar refractivity (Wildman–Crippen MR) is 136 cm³/mol. The second kappa shape index (κ2) is 8.71. The minimum absolute atomic E-state index is 0.144. The highest BCUT2D eigenvalue weighted by Gasteiger charge is 2.45. The molecule has 7 rings (SSSR count). The summed E-state index contributed by atoms with van der Waals surface area (Å²) in [6, 6.07) is 13.0. The van der Waals surface area contributed by atoms with Gasteiger partial charge in [0.2, 0.25) is 11.8 Å². The Morgan fingerprint density at radius 2 is 1.88 bits per heavy atom. The molecule has 0 saturated carbocycles. The third kappa shape index (κ3) is 3.82. The molecule has 0 spiro atoms. The average Bonchev–Trinajstić information content (AvgIpc) is 3.12. The highest BCUT2D eigenvalue weighted by Crippen LogP contribution is 2.43. The van der Waals surface area contributed by atoms with Gasteiger partial charge in [-0.15, -0.1) is 0 Å². The fraction of sp³-hybridized carbons (Fsp3) is 0.440. The van der Waals surface area contributed by atoms with Gasteiger partial charge in [0.15, 0.2) is 0 Å². The molecule has 5 heterocycles. The molecule has 0 aromatic heterocycles. The smallest absolute Gasteiger partial charge is 0.243 e. The summed E-state index contributed by atoms with van der Waals surface area (Å²) in [5, 5.41) is 3.57. The summed E-state index contributed by atoms with van der Waals surface area (Å²) in [4.78, 5) is 31.0. The molecule has 0 radical (unpaired) electrons. The highest BCUT2D eigenvalue weighted by molar-refractivity contribution is 7.80. The molecular weight excluding hydrogens is 491 g/mol. The van der Waals surface area contributed by atoms with Crippen LogP contribution < -0.4 is 10.2 Å². The summed E-state index contributed by atoms with van der Waals surface area (Å²) < 4.78 is 0. The maximum atomic E-state index is 12.4. The Balaban J connectivity index is 1.13. The number of carbonyl (C=O) groups excluding carboxylic acids is 2. The number of rotatable bonds is 4. The molecule has 2 aromatic rings. The Bertz CT molecular complexity index is 1170. The van der Waals surface area contributed by atoms with Gasteiger partial charge in [0.1, 0.15) is 0 Å². The Morgan fingerprint density at radius 3 is 2.65 bits per heavy atom. The number of piperazine rings is 1. The second-order valence-electron chi connectivity index (χ2n) is 9.76. The molecule has 6 nitrogen and oxygen atoms in total. The van der Waals surface area contributed by atoms with Gasteiger partial charge in [-0.1, -0.05) is 47.5 Å². The van der Waals surface area contributed by atoms with Crippen LogP contribution in [0, 0.1) is 0 Å². The van der Waals surface area contributed by atoms with Crippen molar-refractivity contribution in [2.75, 3.05) is 18.0 Å². The van der Waals surface area contributed by atoms with Crippen LogP contribution in [0.15, 0.2) is 36.4 Å². The van der Waals surface area contributed by atoms with Crippen molar-refractivity contribution in [3.63, 3.8) is 0 Å². The maximum absolute atomic E-state index is 12.4. The lowest BCUT2D eigenvalue weighted by atomic mass is 9.86. The molecule has 4 atom stereocenters. The van der Waals surface area contributed by atoms with Gasteiger partial charge in [-0.3, -0.25) is 24.7 Å². The lowest BCUT2D eigenvalue weighted by Gasteiger charge is -2.58. The summed E-state index contributed by atoms with van der Waals surface area (Å²) in [6.07, 6.45) is 2.11. The monoisotopic (exact) mass is 516 g/mol. The Morgan fingerprint density at radius 1 is 1.09 bits per heavy atom. The first kappa shape index (κ1) is 22.7.